The SMILES string of the molecule is CNC(=O)c1ccc(-c2nc3n(CC(=O)Nc4ccc(C(F)(F)F)cc4Cl)c4c(c(=O)n3n2)C2(CCN(C(=O)c3ncccc3O)CC2)OC4)cc1. The minimum Gasteiger partial charge on any atom is -0.505 e. The maximum Gasteiger partial charge on any atom is 0.416 e. The number of anilines is 1. The number of hydrogen-bond donors (Lipinski definition) is 3. The van der Waals surface area contributed by atoms with E-state index < -0.39 is 41.3 Å². The van der Waals surface area contributed by atoms with Crippen molar-refractivity contribution in [3.05, 3.63) is 104 Å². The van der Waals surface area contributed by atoms with Crippen LogP contribution in [0.15, 0.2) is 65.6 Å². The van der Waals surface area contributed by atoms with Gasteiger partial charge < -0.3 is 29.9 Å². The van der Waals surface area contributed by atoms with E-state index in [0.717, 1.165) is 16.6 Å². The lowest BCUT2D eigenvalue weighted by molar-refractivity contribution is -0.137. The molecule has 268 valence electrons. The number of amides is 3. The number of ether oxygens (including phenoxy) is 1. The molecule has 2 aliphatic rings. The lowest BCUT2D eigenvalue weighted by Gasteiger charge is -2.38. The average Bonchev–Trinajstić information content (AvgIpc) is 3.74. The van der Waals surface area contributed by atoms with Crippen LogP contribution in [0.4, 0.5) is 18.9 Å². The van der Waals surface area contributed by atoms with Crippen LogP contribution in [-0.2, 0) is 34.5 Å². The van der Waals surface area contributed by atoms with Crippen LogP contribution >= 0.6 is 11.6 Å². The number of piperidine rings is 1. The van der Waals surface area contributed by atoms with Crippen LogP contribution in [0.25, 0.3) is 17.2 Å². The first kappa shape index (κ1) is 34.6. The first-order chi connectivity index (χ1) is 24.8. The standard InChI is InChI=1S/C34H28ClF3N8O6/c1-39-29(49)19-6-4-18(5-7-19)28-42-32-45(16-25(48)41-22-9-8-20(15-21(22)35)34(36,37)38)23-17-52-33(26(23)30(50)46(32)43-28)10-13-44(14-11-33)31(51)27-24(47)3-2-12-40-27/h2-9,12,15,47H,10-11,13-14,16-17H2,1H3,(H,39,49)(H,41,48). The van der Waals surface area contributed by atoms with Crippen molar-refractivity contribution >= 4 is 40.8 Å². The fourth-order valence-corrected chi connectivity index (χ4v) is 6.72. The quantitative estimate of drug-likeness (QED) is 0.233. The first-order valence-electron chi connectivity index (χ1n) is 15.9. The van der Waals surface area contributed by atoms with Gasteiger partial charge in [0, 0.05) is 37.5 Å². The van der Waals surface area contributed by atoms with Gasteiger partial charge >= 0.3 is 6.18 Å². The van der Waals surface area contributed by atoms with Gasteiger partial charge in [-0.1, -0.05) is 23.7 Å². The summed E-state index contributed by atoms with van der Waals surface area (Å²) in [6.45, 7) is -0.258. The molecule has 14 nitrogen and oxygen atoms in total. The van der Waals surface area contributed by atoms with Crippen molar-refractivity contribution in [1.82, 2.24) is 34.4 Å². The van der Waals surface area contributed by atoms with Crippen LogP contribution in [0, 0.1) is 0 Å². The number of fused-ring (bicyclic) bond motifs is 3. The fraction of sp³-hybridized carbons (Fsp3) is 0.265. The van der Waals surface area contributed by atoms with Gasteiger partial charge in [-0.05, 0) is 55.3 Å². The molecule has 5 aromatic rings. The molecule has 2 aliphatic heterocycles. The predicted octanol–water partition coefficient (Wildman–Crippen LogP) is 3.99. The Kier molecular flexibility index (Phi) is 8.70. The number of benzene rings is 2. The summed E-state index contributed by atoms with van der Waals surface area (Å²) in [6, 6.07) is 11.8. The highest BCUT2D eigenvalue weighted by atomic mass is 35.5. The van der Waals surface area contributed by atoms with Crippen LogP contribution in [0.5, 0.6) is 5.75 Å². The Morgan fingerprint density at radius 1 is 1.08 bits per heavy atom. The second-order valence-electron chi connectivity index (χ2n) is 12.2. The summed E-state index contributed by atoms with van der Waals surface area (Å²) in [6.07, 6.45) is -2.86. The van der Waals surface area contributed by atoms with E-state index in [4.69, 9.17) is 16.3 Å². The number of carbonyl (C=O) groups is 3. The van der Waals surface area contributed by atoms with E-state index in [1.165, 1.54) is 34.8 Å². The van der Waals surface area contributed by atoms with E-state index in [2.05, 4.69) is 25.7 Å². The molecule has 0 aliphatic carbocycles. The summed E-state index contributed by atoms with van der Waals surface area (Å²) in [5.41, 5.74) is -1.45. The number of hydrogen-bond acceptors (Lipinski definition) is 9. The Bertz CT molecular complexity index is 2320. The van der Waals surface area contributed by atoms with E-state index >= 15 is 0 Å². The number of halogens is 4. The minimum atomic E-state index is -4.64. The zero-order valence-corrected chi connectivity index (χ0v) is 28.0. The van der Waals surface area contributed by atoms with Crippen molar-refractivity contribution < 1.29 is 37.4 Å². The molecular weight excluding hydrogens is 709 g/mol. The number of pyridine rings is 1. The van der Waals surface area contributed by atoms with Gasteiger partial charge in [-0.2, -0.15) is 22.7 Å². The number of carbonyl (C=O) groups excluding carboxylic acids is 3. The van der Waals surface area contributed by atoms with Crippen LogP contribution in [0.3, 0.4) is 0 Å². The molecule has 1 fully saturated rings. The molecule has 5 heterocycles. The molecule has 3 aromatic heterocycles. The molecule has 3 amide bonds. The van der Waals surface area contributed by atoms with E-state index in [0.29, 0.717) is 22.9 Å². The summed E-state index contributed by atoms with van der Waals surface area (Å²) in [7, 11) is 1.50. The van der Waals surface area contributed by atoms with Crippen molar-refractivity contribution in [2.24, 2.45) is 0 Å². The van der Waals surface area contributed by atoms with Crippen molar-refractivity contribution in [3.8, 4) is 17.1 Å². The summed E-state index contributed by atoms with van der Waals surface area (Å²) < 4.78 is 48.4. The van der Waals surface area contributed by atoms with E-state index in [1.54, 1.807) is 24.3 Å². The molecule has 18 heteroatoms. The summed E-state index contributed by atoms with van der Waals surface area (Å²) in [4.78, 5) is 63.1. The summed E-state index contributed by atoms with van der Waals surface area (Å²) in [5.74, 6) is -1.64. The normalized spacial score (nSPS) is 15.1. The van der Waals surface area contributed by atoms with Gasteiger partial charge in [0.05, 0.1) is 34.1 Å². The monoisotopic (exact) mass is 736 g/mol. The Morgan fingerprint density at radius 2 is 1.81 bits per heavy atom. The second kappa shape index (κ2) is 13.1. The number of aromatic nitrogens is 5. The molecule has 1 spiro atoms. The Balaban J connectivity index is 1.26. The fourth-order valence-electron chi connectivity index (χ4n) is 6.49. The van der Waals surface area contributed by atoms with Gasteiger partial charge in [0.25, 0.3) is 17.4 Å². The molecule has 0 saturated carbocycles. The van der Waals surface area contributed by atoms with Crippen molar-refractivity contribution in [2.45, 2.75) is 37.8 Å². The average molecular weight is 737 g/mol. The van der Waals surface area contributed by atoms with Gasteiger partial charge in [0.2, 0.25) is 11.7 Å². The lowest BCUT2D eigenvalue weighted by Crippen LogP contribution is -2.47. The maximum atomic E-state index is 14.3. The summed E-state index contributed by atoms with van der Waals surface area (Å²) >= 11 is 6.10. The molecule has 2 aromatic carbocycles. The van der Waals surface area contributed by atoms with E-state index in [-0.39, 0.29) is 77.8 Å². The van der Waals surface area contributed by atoms with Gasteiger partial charge in [0.15, 0.2) is 11.5 Å². The number of aromatic hydroxyl groups is 1. The number of alkyl halides is 3. The second-order valence-corrected chi connectivity index (χ2v) is 12.6. The Labute approximate surface area is 296 Å². The summed E-state index contributed by atoms with van der Waals surface area (Å²) in [5, 5.41) is 19.4. The van der Waals surface area contributed by atoms with Crippen molar-refractivity contribution in [2.75, 3.05) is 25.5 Å². The van der Waals surface area contributed by atoms with Gasteiger partial charge in [-0.3, -0.25) is 19.2 Å². The minimum absolute atomic E-state index is 0.0123. The molecule has 0 unspecified atom stereocenters. The van der Waals surface area contributed by atoms with E-state index in [1.807, 2.05) is 0 Å². The number of nitrogens with zero attached hydrogens (tertiary/aromatic N) is 6. The highest BCUT2D eigenvalue weighted by Gasteiger charge is 2.48. The number of nitrogens with one attached hydrogen (secondary N) is 2. The van der Waals surface area contributed by atoms with Crippen LogP contribution in [0.1, 0.15) is 50.5 Å². The molecule has 0 radical (unpaired) electrons. The Morgan fingerprint density at radius 3 is 2.46 bits per heavy atom. The molecule has 0 bridgehead atoms. The predicted molar refractivity (Wildman–Crippen MR) is 179 cm³/mol. The lowest BCUT2D eigenvalue weighted by atomic mass is 9.85. The number of likely N-dealkylation sites (tertiary alicyclic amines) is 1. The highest BCUT2D eigenvalue weighted by molar-refractivity contribution is 6.33. The number of rotatable bonds is 6. The third-order valence-corrected chi connectivity index (χ3v) is 9.46. The molecule has 7 rings (SSSR count). The molecule has 52 heavy (non-hydrogen) atoms. The van der Waals surface area contributed by atoms with Crippen molar-refractivity contribution in [1.29, 1.82) is 0 Å². The van der Waals surface area contributed by atoms with E-state index in [9.17, 15) is 37.5 Å². The first-order valence-corrected chi connectivity index (χ1v) is 16.3. The van der Waals surface area contributed by atoms with Gasteiger partial charge in [-0.15, -0.1) is 5.10 Å². The van der Waals surface area contributed by atoms with Crippen molar-refractivity contribution in [3.63, 3.8) is 0 Å². The van der Waals surface area contributed by atoms with Crippen LogP contribution in [-0.4, -0.2) is 72.0 Å². The van der Waals surface area contributed by atoms with Crippen LogP contribution in [0.2, 0.25) is 5.02 Å². The van der Waals surface area contributed by atoms with Gasteiger partial charge in [-0.25, -0.2) is 4.98 Å². The Hall–Kier alpha value is -5.81. The zero-order valence-electron chi connectivity index (χ0n) is 27.2. The molecule has 0 atom stereocenters. The third-order valence-electron chi connectivity index (χ3n) is 9.14. The van der Waals surface area contributed by atoms with Gasteiger partial charge in [0.1, 0.15) is 17.9 Å². The molecule has 1 saturated heterocycles. The maximum absolute atomic E-state index is 14.3. The molecular formula is C34H28ClF3N8O6. The highest BCUT2D eigenvalue weighted by Crippen LogP contribution is 2.43. The van der Waals surface area contributed by atoms with Crippen LogP contribution < -0.4 is 16.2 Å². The smallest absolute Gasteiger partial charge is 0.416 e. The topological polar surface area (TPSA) is 173 Å². The molecule has 3 N–H and O–H groups in total. The zero-order chi connectivity index (χ0) is 36.9. The third kappa shape index (κ3) is 6.11. The largest absolute Gasteiger partial charge is 0.505 e.